The van der Waals surface area contributed by atoms with Crippen LogP contribution in [0, 0.1) is 0 Å². The van der Waals surface area contributed by atoms with Crippen LogP contribution < -0.4 is 10.1 Å². The molecule has 9 heteroatoms. The minimum Gasteiger partial charge on any atom is -0.497 e. The first-order chi connectivity index (χ1) is 10.1. The molecule has 122 valence electrons. The number of nitrogens with one attached hydrogen (secondary N) is 1. The number of carbonyl (C=O) groups is 2. The number of methoxy groups -OCH3 is 1. The normalized spacial score (nSPS) is 12.7. The third-order valence-corrected chi connectivity index (χ3v) is 4.20. The molecule has 0 heterocycles. The minimum atomic E-state index is -3.52. The molecule has 22 heavy (non-hydrogen) atoms. The minimum absolute atomic E-state index is 0.351. The van der Waals surface area contributed by atoms with E-state index >= 15 is 0 Å². The smallest absolute Gasteiger partial charge is 0.330 e. The zero-order valence-corrected chi connectivity index (χ0v) is 13.3. The Morgan fingerprint density at radius 1 is 1.32 bits per heavy atom. The predicted molar refractivity (Wildman–Crippen MR) is 79.0 cm³/mol. The number of hydrogen-bond donors (Lipinski definition) is 2. The highest BCUT2D eigenvalue weighted by molar-refractivity contribution is 7.88. The highest BCUT2D eigenvalue weighted by Gasteiger charge is 2.24. The van der Waals surface area contributed by atoms with Crippen molar-refractivity contribution in [2.24, 2.45) is 0 Å². The SMILES string of the molecule is COc1ccc(C(NC(=O)CN(C)S(C)(=O)=O)C(=O)O)cc1. The maximum absolute atomic E-state index is 11.8. The number of ether oxygens (including phenoxy) is 1. The van der Waals surface area contributed by atoms with Crippen LogP contribution in [0.4, 0.5) is 0 Å². The molecule has 0 aliphatic carbocycles. The summed E-state index contributed by atoms with van der Waals surface area (Å²) < 4.78 is 28.3. The monoisotopic (exact) mass is 330 g/mol. The Morgan fingerprint density at radius 3 is 2.27 bits per heavy atom. The lowest BCUT2D eigenvalue weighted by atomic mass is 10.1. The Morgan fingerprint density at radius 2 is 1.86 bits per heavy atom. The van der Waals surface area contributed by atoms with E-state index < -0.39 is 34.5 Å². The Bertz CT molecular complexity index is 641. The van der Waals surface area contributed by atoms with Crippen molar-refractivity contribution < 1.29 is 27.9 Å². The van der Waals surface area contributed by atoms with Crippen molar-refractivity contribution in [2.45, 2.75) is 6.04 Å². The zero-order chi connectivity index (χ0) is 16.9. The quantitative estimate of drug-likeness (QED) is 0.717. The molecule has 0 radical (unpaired) electrons. The summed E-state index contributed by atoms with van der Waals surface area (Å²) in [5, 5.41) is 11.5. The van der Waals surface area contributed by atoms with Crippen molar-refractivity contribution in [3.05, 3.63) is 29.8 Å². The van der Waals surface area contributed by atoms with Crippen LogP contribution in [-0.4, -0.2) is 56.7 Å². The van der Waals surface area contributed by atoms with Gasteiger partial charge in [-0.25, -0.2) is 13.2 Å². The van der Waals surface area contributed by atoms with Crippen molar-refractivity contribution >= 4 is 21.9 Å². The second-order valence-electron chi connectivity index (χ2n) is 4.63. The average Bonchev–Trinajstić information content (AvgIpc) is 2.43. The molecule has 8 nitrogen and oxygen atoms in total. The summed E-state index contributed by atoms with van der Waals surface area (Å²) in [5.41, 5.74) is 0.351. The summed E-state index contributed by atoms with van der Waals surface area (Å²) in [7, 11) is -0.806. The lowest BCUT2D eigenvalue weighted by Gasteiger charge is -2.18. The third-order valence-electron chi connectivity index (χ3n) is 2.93. The van der Waals surface area contributed by atoms with Crippen molar-refractivity contribution in [3.8, 4) is 5.75 Å². The number of likely N-dealkylation sites (N-methyl/N-ethyl adjacent to an activating group) is 1. The molecule has 0 aliphatic heterocycles. The number of benzene rings is 1. The lowest BCUT2D eigenvalue weighted by molar-refractivity contribution is -0.142. The molecule has 0 spiro atoms. The van der Waals surface area contributed by atoms with Gasteiger partial charge in [-0.2, -0.15) is 4.31 Å². The Hall–Kier alpha value is -2.13. The number of carbonyl (C=O) groups excluding carboxylic acids is 1. The van der Waals surface area contributed by atoms with Crippen LogP contribution in [0.15, 0.2) is 24.3 Å². The van der Waals surface area contributed by atoms with E-state index in [1.54, 1.807) is 12.1 Å². The summed E-state index contributed by atoms with van der Waals surface area (Å²) >= 11 is 0. The molecule has 0 saturated heterocycles. The van der Waals surface area contributed by atoms with Gasteiger partial charge in [0.05, 0.1) is 19.9 Å². The van der Waals surface area contributed by atoms with Gasteiger partial charge in [-0.05, 0) is 17.7 Å². The fourth-order valence-electron chi connectivity index (χ4n) is 1.61. The van der Waals surface area contributed by atoms with E-state index in [9.17, 15) is 23.1 Å². The number of aliphatic carboxylic acids is 1. The summed E-state index contributed by atoms with van der Waals surface area (Å²) in [5.74, 6) is -1.41. The zero-order valence-electron chi connectivity index (χ0n) is 12.4. The molecule has 1 rings (SSSR count). The molecule has 1 aromatic rings. The van der Waals surface area contributed by atoms with E-state index in [-0.39, 0.29) is 0 Å². The standard InChI is InChI=1S/C13H18N2O6S/c1-15(22(3,19)20)8-11(16)14-12(13(17)18)9-4-6-10(21-2)7-5-9/h4-7,12H,8H2,1-3H3,(H,14,16)(H,17,18). The second-order valence-corrected chi connectivity index (χ2v) is 6.72. The molecule has 1 amide bonds. The topological polar surface area (TPSA) is 113 Å². The first-order valence-corrected chi connectivity index (χ1v) is 8.07. The molecule has 1 aromatic carbocycles. The number of carboxylic acids is 1. The van der Waals surface area contributed by atoms with E-state index in [0.29, 0.717) is 11.3 Å². The van der Waals surface area contributed by atoms with Crippen molar-refractivity contribution in [1.29, 1.82) is 0 Å². The fourth-order valence-corrected chi connectivity index (χ4v) is 1.96. The predicted octanol–water partition coefficient (Wildman–Crippen LogP) is -0.171. The second kappa shape index (κ2) is 7.23. The molecule has 0 saturated carbocycles. The van der Waals surface area contributed by atoms with Gasteiger partial charge in [-0.15, -0.1) is 0 Å². The molecule has 2 N–H and O–H groups in total. The average molecular weight is 330 g/mol. The summed E-state index contributed by atoms with van der Waals surface area (Å²) in [6.07, 6.45) is 0.957. The molecule has 1 atom stereocenters. The maximum Gasteiger partial charge on any atom is 0.330 e. The van der Waals surface area contributed by atoms with Gasteiger partial charge >= 0.3 is 5.97 Å². The number of rotatable bonds is 7. The van der Waals surface area contributed by atoms with Gasteiger partial charge in [0.1, 0.15) is 5.75 Å². The number of hydrogen-bond acceptors (Lipinski definition) is 5. The Labute approximate surface area is 128 Å². The van der Waals surface area contributed by atoms with Crippen LogP contribution in [0.2, 0.25) is 0 Å². The largest absolute Gasteiger partial charge is 0.497 e. The molecular formula is C13H18N2O6S. The Balaban J connectivity index is 2.84. The summed E-state index contributed by atoms with van der Waals surface area (Å²) in [4.78, 5) is 23.1. The van der Waals surface area contributed by atoms with Gasteiger partial charge in [-0.3, -0.25) is 4.79 Å². The number of sulfonamides is 1. The third kappa shape index (κ3) is 5.01. The van der Waals surface area contributed by atoms with Crippen LogP contribution in [-0.2, 0) is 19.6 Å². The summed E-state index contributed by atoms with van der Waals surface area (Å²) in [6.45, 7) is -0.460. The number of nitrogens with zero attached hydrogens (tertiary/aromatic N) is 1. The summed E-state index contributed by atoms with van der Waals surface area (Å²) in [6, 6.07) is 4.89. The van der Waals surface area contributed by atoms with Crippen LogP contribution in [0.5, 0.6) is 5.75 Å². The van der Waals surface area contributed by atoms with Crippen molar-refractivity contribution in [2.75, 3.05) is 27.0 Å². The van der Waals surface area contributed by atoms with E-state index in [2.05, 4.69) is 5.32 Å². The van der Waals surface area contributed by atoms with Gasteiger partial charge < -0.3 is 15.2 Å². The van der Waals surface area contributed by atoms with Gasteiger partial charge in [0, 0.05) is 7.05 Å². The van der Waals surface area contributed by atoms with Crippen LogP contribution in [0.3, 0.4) is 0 Å². The van der Waals surface area contributed by atoms with E-state index in [1.807, 2.05) is 0 Å². The van der Waals surface area contributed by atoms with E-state index in [4.69, 9.17) is 4.74 Å². The molecule has 0 fully saturated rings. The highest BCUT2D eigenvalue weighted by atomic mass is 32.2. The molecule has 0 aromatic heterocycles. The highest BCUT2D eigenvalue weighted by Crippen LogP contribution is 2.18. The lowest BCUT2D eigenvalue weighted by Crippen LogP contribution is -2.41. The van der Waals surface area contributed by atoms with Gasteiger partial charge in [-0.1, -0.05) is 12.1 Å². The van der Waals surface area contributed by atoms with Crippen LogP contribution in [0.1, 0.15) is 11.6 Å². The van der Waals surface area contributed by atoms with Crippen LogP contribution in [0.25, 0.3) is 0 Å². The van der Waals surface area contributed by atoms with Crippen molar-refractivity contribution in [1.82, 2.24) is 9.62 Å². The molecule has 0 bridgehead atoms. The molecular weight excluding hydrogens is 312 g/mol. The van der Waals surface area contributed by atoms with E-state index in [0.717, 1.165) is 10.6 Å². The Kier molecular flexibility index (Phi) is 5.89. The van der Waals surface area contributed by atoms with E-state index in [1.165, 1.54) is 26.3 Å². The van der Waals surface area contributed by atoms with Crippen LogP contribution >= 0.6 is 0 Å². The van der Waals surface area contributed by atoms with Crippen molar-refractivity contribution in [3.63, 3.8) is 0 Å². The van der Waals surface area contributed by atoms with Gasteiger partial charge in [0.25, 0.3) is 0 Å². The maximum atomic E-state index is 11.8. The fraction of sp³-hybridized carbons (Fsp3) is 0.385. The first kappa shape index (κ1) is 17.9. The molecule has 0 aliphatic rings. The molecule has 1 unspecified atom stereocenters. The first-order valence-electron chi connectivity index (χ1n) is 6.22. The number of carboxylic acid groups (broad SMARTS) is 1. The van der Waals surface area contributed by atoms with Gasteiger partial charge in [0.2, 0.25) is 15.9 Å². The number of amides is 1. The van der Waals surface area contributed by atoms with Gasteiger partial charge in [0.15, 0.2) is 6.04 Å².